The molecule has 1 aromatic carbocycles. The molecule has 0 aromatic heterocycles. The number of methoxy groups -OCH3 is 3. The number of hydrogen-bond donors (Lipinski definition) is 1. The van der Waals surface area contributed by atoms with Crippen molar-refractivity contribution in [3.05, 3.63) is 17.7 Å². The molecule has 0 fully saturated rings. The monoisotopic (exact) mass is 306 g/mol. The van der Waals surface area contributed by atoms with E-state index in [1.807, 2.05) is 0 Å². The summed E-state index contributed by atoms with van der Waals surface area (Å²) in [5.41, 5.74) is 0.482. The molecule has 0 saturated carbocycles. The molecule has 7 heteroatoms. The lowest BCUT2D eigenvalue weighted by molar-refractivity contribution is 0.00457. The molecular weight excluding hydrogens is 286 g/mol. The molecule has 0 saturated heterocycles. The highest BCUT2D eigenvalue weighted by Gasteiger charge is 2.20. The van der Waals surface area contributed by atoms with Crippen molar-refractivity contribution in [3.8, 4) is 17.2 Å². The number of aliphatic hydroxyl groups excluding tert-OH is 1. The number of ether oxygens (including phenoxy) is 4. The molecule has 0 bridgehead atoms. The van der Waals surface area contributed by atoms with Crippen LogP contribution in [0.15, 0.2) is 12.1 Å². The topological polar surface area (TPSA) is 57.2 Å². The van der Waals surface area contributed by atoms with Crippen molar-refractivity contribution in [1.29, 1.82) is 0 Å². The highest BCUT2D eigenvalue weighted by molar-refractivity contribution is 5.56. The summed E-state index contributed by atoms with van der Waals surface area (Å²) in [6.45, 7) is -0.626. The normalized spacial score (nSPS) is 12.3. The standard InChI is InChI=1S/C14H20F2O5/c1-18-11-5-4-9(13(19-2)14(11)20-3)10(17)6-7-21-8-12(15)16/h4-5,10,12,17H,6-8H2,1-3H3. The van der Waals surface area contributed by atoms with Gasteiger partial charge in [-0.25, -0.2) is 8.78 Å². The lowest BCUT2D eigenvalue weighted by Crippen LogP contribution is -2.09. The summed E-state index contributed by atoms with van der Waals surface area (Å²) in [4.78, 5) is 0. The van der Waals surface area contributed by atoms with Crippen LogP contribution in [-0.4, -0.2) is 46.1 Å². The largest absolute Gasteiger partial charge is 0.493 e. The van der Waals surface area contributed by atoms with Crippen LogP contribution in [0, 0.1) is 0 Å². The van der Waals surface area contributed by atoms with E-state index < -0.39 is 19.1 Å². The van der Waals surface area contributed by atoms with E-state index in [-0.39, 0.29) is 13.0 Å². The average Bonchev–Trinajstić information content (AvgIpc) is 2.49. The van der Waals surface area contributed by atoms with E-state index in [4.69, 9.17) is 18.9 Å². The van der Waals surface area contributed by atoms with Crippen LogP contribution in [0.3, 0.4) is 0 Å². The highest BCUT2D eigenvalue weighted by atomic mass is 19.3. The SMILES string of the molecule is COc1ccc(C(O)CCOCC(F)F)c(OC)c1OC. The Morgan fingerprint density at radius 1 is 1.05 bits per heavy atom. The van der Waals surface area contributed by atoms with E-state index in [9.17, 15) is 13.9 Å². The van der Waals surface area contributed by atoms with E-state index in [0.29, 0.717) is 22.8 Å². The molecule has 0 radical (unpaired) electrons. The number of alkyl halides is 2. The number of aliphatic hydroxyl groups is 1. The maximum atomic E-state index is 11.9. The van der Waals surface area contributed by atoms with Crippen molar-refractivity contribution in [2.24, 2.45) is 0 Å². The van der Waals surface area contributed by atoms with Gasteiger partial charge in [-0.2, -0.15) is 0 Å². The van der Waals surface area contributed by atoms with Crippen molar-refractivity contribution in [2.45, 2.75) is 19.0 Å². The molecular formula is C14H20F2O5. The molecule has 0 spiro atoms. The summed E-state index contributed by atoms with van der Waals surface area (Å²) in [6, 6.07) is 3.28. The Kier molecular flexibility index (Phi) is 7.18. The second-order valence-electron chi connectivity index (χ2n) is 4.19. The minimum absolute atomic E-state index is 0.0169. The van der Waals surface area contributed by atoms with Gasteiger partial charge in [-0.15, -0.1) is 0 Å². The van der Waals surface area contributed by atoms with Crippen LogP contribution in [0.25, 0.3) is 0 Å². The number of halogens is 2. The predicted molar refractivity (Wildman–Crippen MR) is 72.5 cm³/mol. The lowest BCUT2D eigenvalue weighted by Gasteiger charge is -2.19. The third-order valence-corrected chi connectivity index (χ3v) is 2.87. The summed E-state index contributed by atoms with van der Waals surface area (Å²) in [7, 11) is 4.40. The van der Waals surface area contributed by atoms with E-state index in [1.165, 1.54) is 21.3 Å². The van der Waals surface area contributed by atoms with E-state index in [0.717, 1.165) is 0 Å². The first-order valence-electron chi connectivity index (χ1n) is 6.37. The minimum Gasteiger partial charge on any atom is -0.493 e. The van der Waals surface area contributed by atoms with E-state index in [1.54, 1.807) is 12.1 Å². The fourth-order valence-electron chi connectivity index (χ4n) is 1.91. The maximum Gasteiger partial charge on any atom is 0.261 e. The van der Waals surface area contributed by atoms with Crippen molar-refractivity contribution in [3.63, 3.8) is 0 Å². The predicted octanol–water partition coefficient (Wildman–Crippen LogP) is 2.42. The zero-order valence-corrected chi connectivity index (χ0v) is 12.3. The molecule has 0 aliphatic rings. The number of rotatable bonds is 9. The van der Waals surface area contributed by atoms with Gasteiger partial charge in [0.2, 0.25) is 5.75 Å². The fourth-order valence-corrected chi connectivity index (χ4v) is 1.91. The summed E-state index contributed by atoms with van der Waals surface area (Å²) in [5.74, 6) is 1.18. The van der Waals surface area contributed by atoms with Crippen molar-refractivity contribution >= 4 is 0 Å². The van der Waals surface area contributed by atoms with Crippen molar-refractivity contribution in [1.82, 2.24) is 0 Å². The van der Waals surface area contributed by atoms with Gasteiger partial charge >= 0.3 is 0 Å². The molecule has 1 atom stereocenters. The molecule has 1 rings (SSSR count). The fraction of sp³-hybridized carbons (Fsp3) is 0.571. The molecule has 5 nitrogen and oxygen atoms in total. The first-order valence-corrected chi connectivity index (χ1v) is 6.37. The van der Waals surface area contributed by atoms with Crippen LogP contribution in [0.4, 0.5) is 8.78 Å². The zero-order valence-electron chi connectivity index (χ0n) is 12.3. The Balaban J connectivity index is 2.81. The van der Waals surface area contributed by atoms with Gasteiger partial charge < -0.3 is 24.1 Å². The summed E-state index contributed by atoms with van der Waals surface area (Å²) in [5, 5.41) is 10.1. The smallest absolute Gasteiger partial charge is 0.261 e. The van der Waals surface area contributed by atoms with Gasteiger partial charge in [0.1, 0.15) is 6.61 Å². The van der Waals surface area contributed by atoms with Gasteiger partial charge in [0.15, 0.2) is 11.5 Å². The Labute approximate surface area is 122 Å². The molecule has 1 aromatic rings. The molecule has 120 valence electrons. The van der Waals surface area contributed by atoms with Gasteiger partial charge in [-0.1, -0.05) is 0 Å². The van der Waals surface area contributed by atoms with Crippen LogP contribution in [0.5, 0.6) is 17.2 Å². The van der Waals surface area contributed by atoms with Crippen LogP contribution in [-0.2, 0) is 4.74 Å². The van der Waals surface area contributed by atoms with Gasteiger partial charge in [0, 0.05) is 18.6 Å². The van der Waals surface area contributed by atoms with E-state index >= 15 is 0 Å². The molecule has 1 unspecified atom stereocenters. The second kappa shape index (κ2) is 8.63. The number of benzene rings is 1. The second-order valence-corrected chi connectivity index (χ2v) is 4.19. The Morgan fingerprint density at radius 2 is 1.71 bits per heavy atom. The van der Waals surface area contributed by atoms with Gasteiger partial charge in [-0.3, -0.25) is 0 Å². The Bertz CT molecular complexity index is 440. The molecule has 0 amide bonds. The average molecular weight is 306 g/mol. The minimum atomic E-state index is -2.52. The third-order valence-electron chi connectivity index (χ3n) is 2.87. The zero-order chi connectivity index (χ0) is 15.8. The molecule has 21 heavy (non-hydrogen) atoms. The van der Waals surface area contributed by atoms with Crippen LogP contribution < -0.4 is 14.2 Å². The number of hydrogen-bond acceptors (Lipinski definition) is 5. The molecule has 0 aliphatic carbocycles. The quantitative estimate of drug-likeness (QED) is 0.710. The van der Waals surface area contributed by atoms with Crippen LogP contribution >= 0.6 is 0 Å². The third kappa shape index (κ3) is 4.71. The molecule has 1 N–H and O–H groups in total. The van der Waals surface area contributed by atoms with Crippen molar-refractivity contribution < 1.29 is 32.8 Å². The first kappa shape index (κ1) is 17.5. The Hall–Kier alpha value is -1.60. The van der Waals surface area contributed by atoms with Gasteiger partial charge in [0.25, 0.3) is 6.43 Å². The molecule has 0 heterocycles. The summed E-state index contributed by atoms with van der Waals surface area (Å²) >= 11 is 0. The van der Waals surface area contributed by atoms with Gasteiger partial charge in [0.05, 0.1) is 27.4 Å². The van der Waals surface area contributed by atoms with Crippen LogP contribution in [0.1, 0.15) is 18.1 Å². The lowest BCUT2D eigenvalue weighted by atomic mass is 10.0. The summed E-state index contributed by atoms with van der Waals surface area (Å²) < 4.78 is 44.3. The maximum absolute atomic E-state index is 11.9. The van der Waals surface area contributed by atoms with Crippen LogP contribution in [0.2, 0.25) is 0 Å². The van der Waals surface area contributed by atoms with Gasteiger partial charge in [-0.05, 0) is 12.1 Å². The Morgan fingerprint density at radius 3 is 2.24 bits per heavy atom. The van der Waals surface area contributed by atoms with E-state index in [2.05, 4.69) is 0 Å². The molecule has 0 aliphatic heterocycles. The first-order chi connectivity index (χ1) is 10.0. The summed E-state index contributed by atoms with van der Waals surface area (Å²) in [6.07, 6.45) is -3.27. The van der Waals surface area contributed by atoms with Crippen molar-refractivity contribution in [2.75, 3.05) is 34.5 Å². The highest BCUT2D eigenvalue weighted by Crippen LogP contribution is 2.42.